The van der Waals surface area contributed by atoms with Crippen molar-refractivity contribution in [2.24, 2.45) is 0 Å². The molecule has 0 saturated heterocycles. The molecule has 148 valence electrons. The summed E-state index contributed by atoms with van der Waals surface area (Å²) in [4.78, 5) is 24.4. The van der Waals surface area contributed by atoms with Crippen LogP contribution in [-0.2, 0) is 27.4 Å². The van der Waals surface area contributed by atoms with Gasteiger partial charge in [0.25, 0.3) is 5.91 Å². The minimum absolute atomic E-state index is 0.151. The summed E-state index contributed by atoms with van der Waals surface area (Å²) < 4.78 is 12.4. The van der Waals surface area contributed by atoms with Gasteiger partial charge in [-0.15, -0.1) is 0 Å². The Kier molecular flexibility index (Phi) is 7.21. The summed E-state index contributed by atoms with van der Waals surface area (Å²) in [6.07, 6.45) is 2.96. The predicted octanol–water partition coefficient (Wildman–Crippen LogP) is 3.26. The number of nitriles is 1. The molecule has 2 aromatic heterocycles. The van der Waals surface area contributed by atoms with Crippen LogP contribution in [0.5, 0.6) is 0 Å². The molecular weight excluding hydrogens is 358 g/mol. The van der Waals surface area contributed by atoms with Gasteiger partial charge in [0.1, 0.15) is 17.4 Å². The molecule has 7 heteroatoms. The van der Waals surface area contributed by atoms with Gasteiger partial charge < -0.3 is 19.0 Å². The number of esters is 1. The minimum Gasteiger partial charge on any atom is -0.467 e. The fourth-order valence-electron chi connectivity index (χ4n) is 2.84. The third-order valence-corrected chi connectivity index (χ3v) is 4.37. The minimum atomic E-state index is -1.04. The lowest BCUT2D eigenvalue weighted by atomic mass is 10.1. The first kappa shape index (κ1) is 21.0. The van der Waals surface area contributed by atoms with Crippen molar-refractivity contribution in [3.05, 3.63) is 52.7 Å². The molecule has 0 saturated carbocycles. The Balaban J connectivity index is 2.04. The first-order chi connectivity index (χ1) is 13.4. The number of nitrogens with one attached hydrogen (secondary N) is 1. The molecule has 2 heterocycles. The molecular formula is C21H25N3O4. The van der Waals surface area contributed by atoms with Crippen molar-refractivity contribution < 1.29 is 18.7 Å². The van der Waals surface area contributed by atoms with Crippen molar-refractivity contribution in [2.45, 2.75) is 53.3 Å². The van der Waals surface area contributed by atoms with Crippen LogP contribution in [0.2, 0.25) is 0 Å². The molecule has 0 bridgehead atoms. The molecule has 2 aromatic rings. The Labute approximate surface area is 164 Å². The third kappa shape index (κ3) is 5.13. The molecule has 2 rings (SSSR count). The number of ether oxygens (including phenoxy) is 1. The Morgan fingerprint density at radius 2 is 2.18 bits per heavy atom. The Morgan fingerprint density at radius 1 is 1.43 bits per heavy atom. The van der Waals surface area contributed by atoms with Gasteiger partial charge in [-0.1, -0.05) is 6.92 Å². The van der Waals surface area contributed by atoms with Crippen LogP contribution >= 0.6 is 0 Å². The van der Waals surface area contributed by atoms with E-state index < -0.39 is 18.0 Å². The molecule has 1 amide bonds. The zero-order valence-electron chi connectivity index (χ0n) is 16.6. The highest BCUT2D eigenvalue weighted by atomic mass is 16.5. The average molecular weight is 383 g/mol. The average Bonchev–Trinajstić information content (AvgIpc) is 3.28. The summed E-state index contributed by atoms with van der Waals surface area (Å²) in [5, 5.41) is 12.0. The zero-order chi connectivity index (χ0) is 20.7. The maximum Gasteiger partial charge on any atom is 0.349 e. The lowest BCUT2D eigenvalue weighted by molar-refractivity contribution is -0.150. The lowest BCUT2D eigenvalue weighted by Gasteiger charge is -2.12. The van der Waals surface area contributed by atoms with E-state index in [1.165, 1.54) is 19.3 Å². The van der Waals surface area contributed by atoms with E-state index in [0.717, 1.165) is 29.9 Å². The van der Waals surface area contributed by atoms with Crippen LogP contribution in [0.25, 0.3) is 6.08 Å². The van der Waals surface area contributed by atoms with E-state index in [1.807, 2.05) is 26.0 Å². The van der Waals surface area contributed by atoms with Crippen molar-refractivity contribution in [3.63, 3.8) is 0 Å². The smallest absolute Gasteiger partial charge is 0.349 e. The second kappa shape index (κ2) is 9.60. The van der Waals surface area contributed by atoms with Gasteiger partial charge in [0.15, 0.2) is 6.10 Å². The number of carbonyl (C=O) groups excluding carboxylic acids is 2. The quantitative estimate of drug-likeness (QED) is 0.429. The highest BCUT2D eigenvalue weighted by Gasteiger charge is 2.21. The van der Waals surface area contributed by atoms with Crippen LogP contribution in [0.4, 0.5) is 0 Å². The van der Waals surface area contributed by atoms with Crippen molar-refractivity contribution in [3.8, 4) is 6.07 Å². The summed E-state index contributed by atoms with van der Waals surface area (Å²) in [5.74, 6) is -0.710. The van der Waals surface area contributed by atoms with Crippen LogP contribution in [0.15, 0.2) is 34.5 Å². The van der Waals surface area contributed by atoms with E-state index in [4.69, 9.17) is 9.15 Å². The van der Waals surface area contributed by atoms with Crippen LogP contribution in [-0.4, -0.2) is 22.5 Å². The maximum absolute atomic E-state index is 12.3. The number of nitrogens with zero attached hydrogens (tertiary/aromatic N) is 2. The highest BCUT2D eigenvalue weighted by Crippen LogP contribution is 2.19. The summed E-state index contributed by atoms with van der Waals surface area (Å²) in [6.45, 7) is 8.53. The number of aromatic nitrogens is 1. The molecule has 1 atom stereocenters. The van der Waals surface area contributed by atoms with Gasteiger partial charge in [0.2, 0.25) is 0 Å². The summed E-state index contributed by atoms with van der Waals surface area (Å²) in [7, 11) is 0. The lowest BCUT2D eigenvalue weighted by Crippen LogP contribution is -2.35. The molecule has 0 unspecified atom stereocenters. The largest absolute Gasteiger partial charge is 0.467 e. The molecule has 28 heavy (non-hydrogen) atoms. The van der Waals surface area contributed by atoms with Crippen molar-refractivity contribution in [2.75, 3.05) is 0 Å². The van der Waals surface area contributed by atoms with Gasteiger partial charge in [-0.05, 0) is 57.0 Å². The molecule has 1 N–H and O–H groups in total. The number of rotatable bonds is 8. The van der Waals surface area contributed by atoms with E-state index in [9.17, 15) is 14.9 Å². The molecule has 0 aromatic carbocycles. The monoisotopic (exact) mass is 383 g/mol. The maximum atomic E-state index is 12.3. The number of hydrogen-bond acceptors (Lipinski definition) is 5. The number of aryl methyl sites for hydroxylation is 1. The molecule has 0 aliphatic rings. The van der Waals surface area contributed by atoms with Crippen LogP contribution in [0, 0.1) is 25.2 Å². The Morgan fingerprint density at radius 3 is 2.79 bits per heavy atom. The standard InChI is InChI=1S/C21H25N3O4/c1-5-8-24-14(2)10-17(15(24)3)11-18(12-22)21(26)28-16(4)20(25)23-13-19-7-6-9-27-19/h6-7,9-11,16H,5,8,13H2,1-4H3,(H,23,25)/b18-11+/t16-/m1/s1. The first-order valence-electron chi connectivity index (χ1n) is 9.17. The van der Waals surface area contributed by atoms with E-state index in [0.29, 0.717) is 5.76 Å². The molecule has 0 spiro atoms. The number of furan rings is 1. The molecule has 0 fully saturated rings. The second-order valence-corrected chi connectivity index (χ2v) is 6.49. The normalized spacial score (nSPS) is 12.3. The summed E-state index contributed by atoms with van der Waals surface area (Å²) in [5.41, 5.74) is 2.67. The van der Waals surface area contributed by atoms with E-state index in [1.54, 1.807) is 12.1 Å². The van der Waals surface area contributed by atoms with Gasteiger partial charge in [-0.3, -0.25) is 4.79 Å². The van der Waals surface area contributed by atoms with Crippen LogP contribution < -0.4 is 5.32 Å². The van der Waals surface area contributed by atoms with Gasteiger partial charge >= 0.3 is 5.97 Å². The summed E-state index contributed by atoms with van der Waals surface area (Å²) >= 11 is 0. The van der Waals surface area contributed by atoms with E-state index >= 15 is 0 Å². The van der Waals surface area contributed by atoms with Crippen LogP contribution in [0.1, 0.15) is 43.0 Å². The number of amides is 1. The van der Waals surface area contributed by atoms with Gasteiger partial charge in [0.05, 0.1) is 12.8 Å². The Hall–Kier alpha value is -3.27. The Bertz CT molecular complexity index is 901. The van der Waals surface area contributed by atoms with Gasteiger partial charge in [-0.2, -0.15) is 5.26 Å². The van der Waals surface area contributed by atoms with Crippen LogP contribution in [0.3, 0.4) is 0 Å². The van der Waals surface area contributed by atoms with E-state index in [2.05, 4.69) is 16.8 Å². The first-order valence-corrected chi connectivity index (χ1v) is 9.17. The van der Waals surface area contributed by atoms with Crippen molar-refractivity contribution in [1.82, 2.24) is 9.88 Å². The van der Waals surface area contributed by atoms with Crippen molar-refractivity contribution >= 4 is 18.0 Å². The fraction of sp³-hybridized carbons (Fsp3) is 0.381. The number of carbonyl (C=O) groups is 2. The van der Waals surface area contributed by atoms with E-state index in [-0.39, 0.29) is 12.1 Å². The molecule has 7 nitrogen and oxygen atoms in total. The highest BCUT2D eigenvalue weighted by molar-refractivity contribution is 5.99. The topological polar surface area (TPSA) is 97.3 Å². The number of hydrogen-bond donors (Lipinski definition) is 1. The predicted molar refractivity (Wildman–Crippen MR) is 104 cm³/mol. The third-order valence-electron chi connectivity index (χ3n) is 4.37. The molecule has 0 radical (unpaired) electrons. The molecule has 0 aliphatic heterocycles. The second-order valence-electron chi connectivity index (χ2n) is 6.49. The fourth-order valence-corrected chi connectivity index (χ4v) is 2.84. The van der Waals surface area contributed by atoms with Gasteiger partial charge in [0, 0.05) is 17.9 Å². The van der Waals surface area contributed by atoms with Crippen molar-refractivity contribution in [1.29, 1.82) is 5.26 Å². The molecule has 0 aliphatic carbocycles. The SMILES string of the molecule is CCCn1c(C)cc(/C=C(\C#N)C(=O)O[C@H](C)C(=O)NCc2ccco2)c1C. The summed E-state index contributed by atoms with van der Waals surface area (Å²) in [6, 6.07) is 7.23. The van der Waals surface area contributed by atoms with Gasteiger partial charge in [-0.25, -0.2) is 4.79 Å². The zero-order valence-corrected chi connectivity index (χ0v) is 16.6.